The summed E-state index contributed by atoms with van der Waals surface area (Å²) in [6.45, 7) is 1.67. The molecule has 1 unspecified atom stereocenters. The topological polar surface area (TPSA) is 89.0 Å². The summed E-state index contributed by atoms with van der Waals surface area (Å²) in [5, 5.41) is 9.47. The van der Waals surface area contributed by atoms with E-state index in [2.05, 4.69) is 9.88 Å². The van der Waals surface area contributed by atoms with Gasteiger partial charge in [0, 0.05) is 56.5 Å². The number of quaternary nitrogens is 1. The smallest absolute Gasteiger partial charge is 0.490 e. The van der Waals surface area contributed by atoms with E-state index in [1.807, 2.05) is 19.2 Å². The van der Waals surface area contributed by atoms with Gasteiger partial charge in [0.15, 0.2) is 11.6 Å². The quantitative estimate of drug-likeness (QED) is 0.252. The van der Waals surface area contributed by atoms with Gasteiger partial charge in [0.2, 0.25) is 0 Å². The lowest BCUT2D eigenvalue weighted by Gasteiger charge is -2.49. The summed E-state index contributed by atoms with van der Waals surface area (Å²) >= 11 is 6.50. The molecule has 0 radical (unpaired) electrons. The number of fused-ring (bicyclic) bond motifs is 1. The first-order valence-electron chi connectivity index (χ1n) is 12.5. The fourth-order valence-corrected chi connectivity index (χ4v) is 6.02. The van der Waals surface area contributed by atoms with Crippen LogP contribution in [0.1, 0.15) is 41.2 Å². The van der Waals surface area contributed by atoms with Gasteiger partial charge in [0.1, 0.15) is 11.8 Å². The van der Waals surface area contributed by atoms with E-state index in [0.717, 1.165) is 24.8 Å². The molecule has 1 amide bonds. The fraction of sp³-hybridized carbons (Fsp3) is 0.321. The first-order valence-corrected chi connectivity index (χ1v) is 12.8. The molecule has 3 heterocycles. The Morgan fingerprint density at radius 1 is 1.13 bits per heavy atom. The molecule has 1 fully saturated rings. The fourth-order valence-electron chi connectivity index (χ4n) is 5.80. The number of carbonyl (C=O) groups excluding carboxylic acids is 1. The van der Waals surface area contributed by atoms with E-state index in [4.69, 9.17) is 26.2 Å². The Kier molecular flexibility index (Phi) is 7.23. The minimum Gasteiger partial charge on any atom is -0.490 e. The summed E-state index contributed by atoms with van der Waals surface area (Å²) < 4.78 is 25.5. The molecule has 10 heteroatoms. The molecule has 5 rings (SSSR count). The van der Waals surface area contributed by atoms with Crippen molar-refractivity contribution in [3.05, 3.63) is 82.9 Å². The Bertz CT molecular complexity index is 1350. The molecule has 0 aliphatic carbocycles. The van der Waals surface area contributed by atoms with Crippen LogP contribution in [0.25, 0.3) is 0 Å². The number of anilines is 1. The normalized spacial score (nSPS) is 19.1. The summed E-state index contributed by atoms with van der Waals surface area (Å²) in [6, 6.07) is 12.7. The molecule has 198 valence electrons. The zero-order chi connectivity index (χ0) is 26.9. The largest absolute Gasteiger partial charge is 0.511 e. The molecule has 8 nitrogen and oxygen atoms in total. The number of carboxylic acid groups (broad SMARTS) is 1. The van der Waals surface area contributed by atoms with Crippen molar-refractivity contribution < 1.29 is 33.0 Å². The number of amides is 1. The first kappa shape index (κ1) is 25.9. The molecule has 2 atom stereocenters. The van der Waals surface area contributed by atoms with Gasteiger partial charge >= 0.3 is 12.1 Å². The second-order valence-electron chi connectivity index (χ2n) is 9.70. The number of rotatable bonds is 5. The maximum atomic E-state index is 15.1. The Morgan fingerprint density at radius 3 is 2.53 bits per heavy atom. The number of aromatic nitrogens is 1. The number of hydrogen-bond donors (Lipinski definition) is 1. The first-order chi connectivity index (χ1) is 18.3. The van der Waals surface area contributed by atoms with E-state index in [1.165, 1.54) is 6.07 Å². The van der Waals surface area contributed by atoms with Gasteiger partial charge in [-0.15, -0.1) is 0 Å². The number of hydrogen-bond acceptors (Lipinski definition) is 6. The molecule has 0 bridgehead atoms. The van der Waals surface area contributed by atoms with Gasteiger partial charge in [-0.1, -0.05) is 23.7 Å². The second-order valence-corrected chi connectivity index (χ2v) is 10.1. The van der Waals surface area contributed by atoms with Crippen LogP contribution in [0.5, 0.6) is 11.5 Å². The van der Waals surface area contributed by atoms with Gasteiger partial charge in [-0.25, -0.2) is 18.5 Å². The third-order valence-corrected chi connectivity index (χ3v) is 8.02. The average molecular weight is 541 g/mol. The number of ether oxygens (including phenoxy) is 2. The van der Waals surface area contributed by atoms with Gasteiger partial charge in [0.05, 0.1) is 35.8 Å². The molecule has 38 heavy (non-hydrogen) atoms. The maximum Gasteiger partial charge on any atom is 0.511 e. The van der Waals surface area contributed by atoms with Crippen LogP contribution in [0.3, 0.4) is 0 Å². The van der Waals surface area contributed by atoms with Crippen LogP contribution in [-0.4, -0.2) is 59.4 Å². The lowest BCUT2D eigenvalue weighted by Crippen LogP contribution is -2.61. The predicted octanol–water partition coefficient (Wildman–Crippen LogP) is 5.71. The van der Waals surface area contributed by atoms with Crippen molar-refractivity contribution in [1.82, 2.24) is 4.98 Å². The van der Waals surface area contributed by atoms with E-state index < -0.39 is 18.0 Å². The summed E-state index contributed by atoms with van der Waals surface area (Å²) in [5.74, 6) is -1.05. The molecule has 1 aromatic heterocycles. The van der Waals surface area contributed by atoms with E-state index in [9.17, 15) is 9.59 Å². The predicted molar refractivity (Wildman–Crippen MR) is 139 cm³/mol. The van der Waals surface area contributed by atoms with Gasteiger partial charge < -0.3 is 19.5 Å². The van der Waals surface area contributed by atoms with E-state index >= 15 is 4.39 Å². The number of halogens is 2. The highest BCUT2D eigenvalue weighted by Gasteiger charge is 2.51. The molecular formula is C28H28ClFN3O5+. The summed E-state index contributed by atoms with van der Waals surface area (Å²) in [7, 11) is 1.88. The minimum absolute atomic E-state index is 0.0181. The number of pyridine rings is 1. The average Bonchev–Trinajstić information content (AvgIpc) is 2.92. The lowest BCUT2D eigenvalue weighted by molar-refractivity contribution is -0.888. The third kappa shape index (κ3) is 4.79. The van der Waals surface area contributed by atoms with Crippen LogP contribution in [0.2, 0.25) is 5.02 Å². The standard InChI is InChI=1S/C28H27ClFN3O5/c1-33(27(34)21-4-2-3-5-23(21)29,19-8-13-32(14-9-19)18-6-11-31-12-7-18)25-10-15-37-26-22(25)16-20(17-24(26)30)38-28(35)36/h2-7,11-12,16-17,19,25H,8-10,13-15H2,1H3/p+1/t25-,33?/m1/s1. The molecule has 1 saturated heterocycles. The molecular weight excluding hydrogens is 513 g/mol. The van der Waals surface area contributed by atoms with Gasteiger partial charge in [0.25, 0.3) is 0 Å². The van der Waals surface area contributed by atoms with Crippen molar-refractivity contribution in [2.45, 2.75) is 31.3 Å². The van der Waals surface area contributed by atoms with Gasteiger partial charge in [-0.2, -0.15) is 0 Å². The molecule has 0 saturated carbocycles. The summed E-state index contributed by atoms with van der Waals surface area (Å²) in [4.78, 5) is 32.0. The third-order valence-electron chi connectivity index (χ3n) is 7.69. The second kappa shape index (κ2) is 10.6. The Morgan fingerprint density at radius 2 is 1.84 bits per heavy atom. The number of carbonyl (C=O) groups is 2. The van der Waals surface area contributed by atoms with Crippen LogP contribution in [0.15, 0.2) is 60.9 Å². The van der Waals surface area contributed by atoms with Gasteiger partial charge in [-0.05, 0) is 30.3 Å². The zero-order valence-corrected chi connectivity index (χ0v) is 21.6. The number of nitrogens with zero attached hydrogens (tertiary/aromatic N) is 3. The highest BCUT2D eigenvalue weighted by atomic mass is 35.5. The molecule has 2 aromatic carbocycles. The Labute approximate surface area is 224 Å². The van der Waals surface area contributed by atoms with Crippen molar-refractivity contribution >= 4 is 29.4 Å². The van der Waals surface area contributed by atoms with Crippen LogP contribution < -0.4 is 14.4 Å². The van der Waals surface area contributed by atoms with Crippen molar-refractivity contribution in [2.75, 3.05) is 31.6 Å². The van der Waals surface area contributed by atoms with Crippen molar-refractivity contribution in [2.24, 2.45) is 0 Å². The molecule has 0 spiro atoms. The monoisotopic (exact) mass is 540 g/mol. The zero-order valence-electron chi connectivity index (χ0n) is 20.8. The van der Waals surface area contributed by atoms with E-state index in [-0.39, 0.29) is 34.5 Å². The van der Waals surface area contributed by atoms with Crippen LogP contribution in [0.4, 0.5) is 14.9 Å². The van der Waals surface area contributed by atoms with Crippen LogP contribution >= 0.6 is 11.6 Å². The van der Waals surface area contributed by atoms with Crippen LogP contribution in [0, 0.1) is 5.82 Å². The Hall–Kier alpha value is -3.69. The van der Waals surface area contributed by atoms with E-state index in [1.54, 1.807) is 36.7 Å². The van der Waals surface area contributed by atoms with Gasteiger partial charge in [-0.3, -0.25) is 4.98 Å². The highest BCUT2D eigenvalue weighted by Crippen LogP contribution is 2.46. The van der Waals surface area contributed by atoms with E-state index in [0.29, 0.717) is 35.4 Å². The van der Waals surface area contributed by atoms with Crippen molar-refractivity contribution in [3.63, 3.8) is 0 Å². The maximum absolute atomic E-state index is 15.1. The summed E-state index contributed by atoms with van der Waals surface area (Å²) in [5.41, 5.74) is 1.87. The van der Waals surface area contributed by atoms with Crippen molar-refractivity contribution in [1.29, 1.82) is 0 Å². The number of piperidine rings is 1. The minimum atomic E-state index is -1.55. The SMILES string of the molecule is C[N+](C(=O)c1ccccc1Cl)(C1CCN(c2ccncc2)CC1)[C@@H]1CCOc2c(F)cc(OC(=O)O)cc21. The Balaban J connectivity index is 1.57. The highest BCUT2D eigenvalue weighted by molar-refractivity contribution is 6.33. The number of benzene rings is 2. The molecule has 1 N–H and O–H groups in total. The lowest BCUT2D eigenvalue weighted by atomic mass is 9.89. The molecule has 2 aliphatic rings. The van der Waals surface area contributed by atoms with Crippen molar-refractivity contribution in [3.8, 4) is 11.5 Å². The molecule has 2 aliphatic heterocycles. The van der Waals surface area contributed by atoms with Crippen LogP contribution in [-0.2, 0) is 0 Å². The summed E-state index contributed by atoms with van der Waals surface area (Å²) in [6.07, 6.45) is 3.80. The molecule has 3 aromatic rings.